The first-order valence-electron chi connectivity index (χ1n) is 24.2. The number of rotatable bonds is 46. The fourth-order valence-electron chi connectivity index (χ4n) is 6.18. The summed E-state index contributed by atoms with van der Waals surface area (Å²) in [7, 11) is 1.00. The second-order valence-electron chi connectivity index (χ2n) is 15.3. The predicted molar refractivity (Wildman–Crippen MR) is 249 cm³/mol. The number of aldehydes is 1. The molecule has 4 amide bonds. The van der Waals surface area contributed by atoms with Gasteiger partial charge in [0.25, 0.3) is 0 Å². The summed E-state index contributed by atoms with van der Waals surface area (Å²) in [5.74, 6) is -2.16. The van der Waals surface area contributed by atoms with E-state index in [4.69, 9.17) is 24.1 Å². The summed E-state index contributed by atoms with van der Waals surface area (Å²) in [6.45, 7) is 7.82. The van der Waals surface area contributed by atoms with Crippen molar-refractivity contribution in [1.82, 2.24) is 21.3 Å². The van der Waals surface area contributed by atoms with Crippen LogP contribution in [0.3, 0.4) is 0 Å². The third-order valence-corrected chi connectivity index (χ3v) is 9.64. The molecule has 376 valence electrons. The molecule has 0 saturated carbocycles. The Morgan fingerprint density at radius 2 is 0.859 bits per heavy atom. The zero-order chi connectivity index (χ0) is 48.2. The van der Waals surface area contributed by atoms with Crippen LogP contribution in [0.4, 0.5) is 0 Å². The van der Waals surface area contributed by atoms with Crippen LogP contribution in [0.1, 0.15) is 175 Å². The van der Waals surface area contributed by atoms with Crippen LogP contribution in [0, 0.1) is 0 Å². The molecule has 0 spiro atoms. The molecule has 0 aromatic heterocycles. The Bertz CT molecular complexity index is 1130. The van der Waals surface area contributed by atoms with Crippen LogP contribution >= 0.6 is 0 Å². The molecule has 0 rings (SSSR count). The molecule has 0 aliphatic heterocycles. The van der Waals surface area contributed by atoms with Crippen molar-refractivity contribution in [2.45, 2.75) is 181 Å². The number of aliphatic hydroxyl groups is 1. The average molecular weight is 919 g/mol. The van der Waals surface area contributed by atoms with E-state index < -0.39 is 12.0 Å². The number of aliphatic hydroxyl groups excluding tert-OH is 1. The number of carbonyl (C=O) groups excluding carboxylic acids is 6. The predicted octanol–water partition coefficient (Wildman–Crippen LogP) is 5.76. The fourth-order valence-corrected chi connectivity index (χ4v) is 6.18. The molecule has 0 aliphatic carbocycles. The van der Waals surface area contributed by atoms with E-state index in [1.807, 2.05) is 13.8 Å². The second-order valence-corrected chi connectivity index (χ2v) is 15.3. The average Bonchev–Trinajstić information content (AvgIpc) is 3.28. The van der Waals surface area contributed by atoms with Crippen LogP contribution in [0.5, 0.6) is 0 Å². The number of carboxylic acids is 1. The maximum absolute atomic E-state index is 12.3. The van der Waals surface area contributed by atoms with Crippen molar-refractivity contribution in [2.24, 2.45) is 0 Å². The number of hydrogen-bond donors (Lipinski definition) is 6. The Morgan fingerprint density at radius 1 is 0.469 bits per heavy atom. The van der Waals surface area contributed by atoms with Crippen LogP contribution in [-0.2, 0) is 52.5 Å². The molecule has 0 bridgehead atoms. The molecule has 0 aromatic carbocycles. The summed E-state index contributed by atoms with van der Waals surface area (Å²) in [4.78, 5) is 81.0. The molecule has 17 heteroatoms. The van der Waals surface area contributed by atoms with Gasteiger partial charge in [-0.2, -0.15) is 0 Å². The summed E-state index contributed by atoms with van der Waals surface area (Å²) in [5, 5.41) is 27.2. The number of nitrogens with one attached hydrogen (secondary N) is 4. The Hall–Kier alpha value is -3.51. The first kappa shape index (κ1) is 64.8. The minimum absolute atomic E-state index is 0.0136. The van der Waals surface area contributed by atoms with Gasteiger partial charge in [0.05, 0.1) is 39.6 Å². The summed E-state index contributed by atoms with van der Waals surface area (Å²) < 4.78 is 21.3. The van der Waals surface area contributed by atoms with Crippen molar-refractivity contribution < 1.29 is 62.7 Å². The van der Waals surface area contributed by atoms with Crippen molar-refractivity contribution in [2.75, 3.05) is 79.6 Å². The van der Waals surface area contributed by atoms with Crippen LogP contribution in [0.25, 0.3) is 0 Å². The quantitative estimate of drug-likeness (QED) is 0.0315. The number of Topliss-reactive ketones (excluding diaryl/α,β-unsaturated/α-hetero) is 1. The van der Waals surface area contributed by atoms with E-state index in [-0.39, 0.29) is 115 Å². The molecule has 64 heavy (non-hydrogen) atoms. The maximum atomic E-state index is 12.3. The first-order valence-corrected chi connectivity index (χ1v) is 24.2. The Kier molecular flexibility index (Phi) is 54.5. The lowest BCUT2D eigenvalue weighted by Crippen LogP contribution is -2.41. The van der Waals surface area contributed by atoms with Crippen LogP contribution in [0.2, 0.25) is 0 Å². The van der Waals surface area contributed by atoms with E-state index in [0.29, 0.717) is 25.8 Å². The monoisotopic (exact) mass is 919 g/mol. The SMILES string of the molecule is CC.CC(=O)CCCCCNC(=O)COCCOCCNC(=O)COCCOCCNC(=O)CCC(NC(=O)CCCCCCCCCCCCCCCCCCC=O)C(=O)O.CO. The summed E-state index contributed by atoms with van der Waals surface area (Å²) in [5.41, 5.74) is 0. The Morgan fingerprint density at radius 3 is 1.31 bits per heavy atom. The van der Waals surface area contributed by atoms with E-state index in [2.05, 4.69) is 21.3 Å². The van der Waals surface area contributed by atoms with E-state index in [1.165, 1.54) is 70.6 Å². The van der Waals surface area contributed by atoms with Gasteiger partial charge in [-0.05, 0) is 39.0 Å². The van der Waals surface area contributed by atoms with Crippen molar-refractivity contribution in [3.8, 4) is 0 Å². The highest BCUT2D eigenvalue weighted by Crippen LogP contribution is 2.14. The number of carbonyl (C=O) groups is 7. The molecule has 0 fully saturated rings. The minimum Gasteiger partial charge on any atom is -0.480 e. The molecule has 0 aromatic rings. The Balaban J connectivity index is -0.00000902. The van der Waals surface area contributed by atoms with Crippen LogP contribution in [0.15, 0.2) is 0 Å². The van der Waals surface area contributed by atoms with Gasteiger partial charge in [-0.25, -0.2) is 4.79 Å². The number of carboxylic acid groups (broad SMARTS) is 1. The van der Waals surface area contributed by atoms with Crippen molar-refractivity contribution in [3.05, 3.63) is 0 Å². The smallest absolute Gasteiger partial charge is 0.326 e. The number of amides is 4. The third kappa shape index (κ3) is 52.8. The second kappa shape index (κ2) is 53.8. The van der Waals surface area contributed by atoms with Crippen molar-refractivity contribution in [1.29, 1.82) is 0 Å². The lowest BCUT2D eigenvalue weighted by atomic mass is 10.0. The van der Waals surface area contributed by atoms with Gasteiger partial charge >= 0.3 is 5.97 Å². The van der Waals surface area contributed by atoms with Gasteiger partial charge in [0.15, 0.2) is 0 Å². The van der Waals surface area contributed by atoms with Gasteiger partial charge in [0, 0.05) is 52.4 Å². The first-order chi connectivity index (χ1) is 31.1. The van der Waals surface area contributed by atoms with Crippen LogP contribution in [-0.4, -0.2) is 138 Å². The zero-order valence-electron chi connectivity index (χ0n) is 40.3. The van der Waals surface area contributed by atoms with E-state index in [0.717, 1.165) is 58.3 Å². The number of ketones is 1. The standard InChI is InChI=1S/C44H80N4O12.C2H6.CH4O/c1-38(50)22-18-17-20-26-45-42(53)36-59-34-33-58-31-28-47-43(54)37-60-35-32-57-30-27-46-40(51)25-24-39(44(55)56)48-41(52)23-19-15-13-11-9-7-5-3-2-4-6-8-10-12-14-16-21-29-49;2*1-2/h29,39H,2-28,30-37H2,1H3,(H,45,53)(H,46,51)(H,47,54)(H,48,52)(H,55,56);1-2H3;2H,1H3. The van der Waals surface area contributed by atoms with Gasteiger partial charge in [0.2, 0.25) is 23.6 Å². The molecule has 17 nitrogen and oxygen atoms in total. The third-order valence-electron chi connectivity index (χ3n) is 9.64. The molecule has 0 aliphatic rings. The van der Waals surface area contributed by atoms with Crippen molar-refractivity contribution in [3.63, 3.8) is 0 Å². The molecule has 0 heterocycles. The summed E-state index contributed by atoms with van der Waals surface area (Å²) >= 11 is 0. The highest BCUT2D eigenvalue weighted by atomic mass is 16.5. The van der Waals surface area contributed by atoms with E-state index in [9.17, 15) is 38.7 Å². The minimum atomic E-state index is -1.17. The van der Waals surface area contributed by atoms with Gasteiger partial charge in [-0.15, -0.1) is 0 Å². The molecule has 1 atom stereocenters. The van der Waals surface area contributed by atoms with Crippen molar-refractivity contribution >= 4 is 41.7 Å². The summed E-state index contributed by atoms with van der Waals surface area (Å²) in [6.07, 6.45) is 23.8. The molecular formula is C47H90N4O13. The van der Waals surface area contributed by atoms with Gasteiger partial charge < -0.3 is 60.0 Å². The van der Waals surface area contributed by atoms with Gasteiger partial charge in [-0.1, -0.05) is 110 Å². The van der Waals surface area contributed by atoms with Gasteiger partial charge in [0.1, 0.15) is 31.3 Å². The number of ether oxygens (including phenoxy) is 4. The highest BCUT2D eigenvalue weighted by Gasteiger charge is 2.20. The van der Waals surface area contributed by atoms with E-state index in [1.54, 1.807) is 6.92 Å². The molecule has 1 unspecified atom stereocenters. The fraction of sp³-hybridized carbons (Fsp3) is 0.851. The highest BCUT2D eigenvalue weighted by molar-refractivity contribution is 5.84. The summed E-state index contributed by atoms with van der Waals surface area (Å²) in [6, 6.07) is -1.13. The normalized spacial score (nSPS) is 11.0. The topological polar surface area (TPSA) is 245 Å². The lowest BCUT2D eigenvalue weighted by molar-refractivity contribution is -0.142. The van der Waals surface area contributed by atoms with Gasteiger partial charge in [-0.3, -0.25) is 19.2 Å². The molecule has 0 saturated heterocycles. The number of hydrogen-bond acceptors (Lipinski definition) is 12. The number of aliphatic carboxylic acids is 1. The van der Waals surface area contributed by atoms with E-state index >= 15 is 0 Å². The zero-order valence-corrected chi connectivity index (χ0v) is 40.3. The molecule has 0 radical (unpaired) electrons. The molecular weight excluding hydrogens is 829 g/mol. The maximum Gasteiger partial charge on any atom is 0.326 e. The Labute approximate surface area is 385 Å². The largest absolute Gasteiger partial charge is 0.480 e. The molecule has 6 N–H and O–H groups in total. The lowest BCUT2D eigenvalue weighted by Gasteiger charge is -2.14. The van der Waals surface area contributed by atoms with Crippen LogP contribution < -0.4 is 21.3 Å². The number of unbranched alkanes of at least 4 members (excludes halogenated alkanes) is 18.